The lowest BCUT2D eigenvalue weighted by Crippen LogP contribution is -2.44. The number of piperazine rings is 1. The number of anilines is 3. The number of likely N-dealkylation sites (N-methyl/N-ethyl adjacent to an activating group) is 1. The highest BCUT2D eigenvalue weighted by Gasteiger charge is 2.14. The van der Waals surface area contributed by atoms with E-state index in [1.807, 2.05) is 42.7 Å². The van der Waals surface area contributed by atoms with Gasteiger partial charge in [0, 0.05) is 55.5 Å². The largest absolute Gasteiger partial charge is 0.497 e. The molecule has 1 saturated heterocycles. The summed E-state index contributed by atoms with van der Waals surface area (Å²) in [5.74, 6) is 1.43. The smallest absolute Gasteiger partial charge is 0.227 e. The van der Waals surface area contributed by atoms with Gasteiger partial charge in [-0.25, -0.2) is 9.97 Å². The Hall–Kier alpha value is -3.12. The fourth-order valence-corrected chi connectivity index (χ4v) is 3.30. The Morgan fingerprint density at radius 1 is 0.893 bits per heavy atom. The van der Waals surface area contributed by atoms with Gasteiger partial charge in [0.1, 0.15) is 5.75 Å². The summed E-state index contributed by atoms with van der Waals surface area (Å²) < 4.78 is 5.20. The molecule has 144 valence electrons. The van der Waals surface area contributed by atoms with Crippen LogP contribution in [0.15, 0.2) is 60.9 Å². The summed E-state index contributed by atoms with van der Waals surface area (Å²) in [6.45, 7) is 4.28. The van der Waals surface area contributed by atoms with Crippen LogP contribution in [0, 0.1) is 0 Å². The van der Waals surface area contributed by atoms with E-state index in [2.05, 4.69) is 50.3 Å². The molecule has 2 aromatic carbocycles. The van der Waals surface area contributed by atoms with Crippen molar-refractivity contribution >= 4 is 17.3 Å². The normalized spacial score (nSPS) is 14.7. The Bertz CT molecular complexity index is 903. The molecule has 0 aliphatic carbocycles. The van der Waals surface area contributed by atoms with Gasteiger partial charge in [0.15, 0.2) is 0 Å². The second kappa shape index (κ2) is 8.27. The number of hydrogen-bond donors (Lipinski definition) is 1. The highest BCUT2D eigenvalue weighted by Crippen LogP contribution is 2.24. The van der Waals surface area contributed by atoms with Crippen molar-refractivity contribution in [1.82, 2.24) is 14.9 Å². The average molecular weight is 375 g/mol. The van der Waals surface area contributed by atoms with Crippen molar-refractivity contribution in [3.8, 4) is 16.9 Å². The van der Waals surface area contributed by atoms with E-state index >= 15 is 0 Å². The molecule has 3 aromatic rings. The first-order valence-electron chi connectivity index (χ1n) is 9.48. The number of ether oxygens (including phenoxy) is 1. The fraction of sp³-hybridized carbons (Fsp3) is 0.273. The van der Waals surface area contributed by atoms with Crippen molar-refractivity contribution in [3.63, 3.8) is 0 Å². The molecule has 0 bridgehead atoms. The van der Waals surface area contributed by atoms with Crippen molar-refractivity contribution in [2.24, 2.45) is 0 Å². The maximum atomic E-state index is 5.20. The van der Waals surface area contributed by atoms with E-state index in [-0.39, 0.29) is 0 Å². The molecule has 0 atom stereocenters. The molecule has 0 unspecified atom stereocenters. The first-order chi connectivity index (χ1) is 13.7. The van der Waals surface area contributed by atoms with Gasteiger partial charge in [0.05, 0.1) is 7.11 Å². The van der Waals surface area contributed by atoms with Gasteiger partial charge in [-0.15, -0.1) is 0 Å². The third-order valence-electron chi connectivity index (χ3n) is 5.05. The Kier molecular flexibility index (Phi) is 5.39. The summed E-state index contributed by atoms with van der Waals surface area (Å²) in [7, 11) is 3.83. The van der Waals surface area contributed by atoms with Crippen LogP contribution in [0.5, 0.6) is 5.75 Å². The Labute approximate surface area is 165 Å². The van der Waals surface area contributed by atoms with Crippen LogP contribution in [0.2, 0.25) is 0 Å². The molecule has 0 spiro atoms. The molecule has 28 heavy (non-hydrogen) atoms. The molecule has 0 radical (unpaired) electrons. The van der Waals surface area contributed by atoms with Crippen LogP contribution in [0.4, 0.5) is 17.3 Å². The van der Waals surface area contributed by atoms with Gasteiger partial charge in [-0.3, -0.25) is 0 Å². The fourth-order valence-electron chi connectivity index (χ4n) is 3.30. The monoisotopic (exact) mass is 375 g/mol. The zero-order chi connectivity index (χ0) is 19.3. The highest BCUT2D eigenvalue weighted by molar-refractivity contribution is 5.65. The molecule has 0 amide bonds. The zero-order valence-corrected chi connectivity index (χ0v) is 16.3. The van der Waals surface area contributed by atoms with E-state index in [1.165, 1.54) is 5.69 Å². The van der Waals surface area contributed by atoms with Gasteiger partial charge in [-0.05, 0) is 42.9 Å². The van der Waals surface area contributed by atoms with Gasteiger partial charge in [0.2, 0.25) is 5.95 Å². The molecule has 6 nitrogen and oxygen atoms in total. The number of aromatic nitrogens is 2. The topological polar surface area (TPSA) is 53.5 Å². The number of nitrogens with zero attached hydrogens (tertiary/aromatic N) is 4. The van der Waals surface area contributed by atoms with E-state index in [0.29, 0.717) is 5.95 Å². The van der Waals surface area contributed by atoms with Gasteiger partial charge < -0.3 is 19.9 Å². The number of nitrogens with one attached hydrogen (secondary N) is 1. The van der Waals surface area contributed by atoms with Crippen LogP contribution >= 0.6 is 0 Å². The van der Waals surface area contributed by atoms with Crippen LogP contribution in [0.1, 0.15) is 0 Å². The standard InChI is InChI=1S/C22H25N5O/c1-26-10-12-27(13-11-26)20-5-3-4-19(14-20)25-22-23-15-18(16-24-22)17-6-8-21(28-2)9-7-17/h3-9,14-16H,10-13H2,1-2H3,(H,23,24,25). The number of rotatable bonds is 5. The molecule has 2 heterocycles. The second-order valence-electron chi connectivity index (χ2n) is 6.99. The summed E-state index contributed by atoms with van der Waals surface area (Å²) in [5, 5.41) is 3.31. The lowest BCUT2D eigenvalue weighted by molar-refractivity contribution is 0.313. The SMILES string of the molecule is COc1ccc(-c2cnc(Nc3cccc(N4CCN(C)CC4)c3)nc2)cc1. The van der Waals surface area contributed by atoms with Crippen molar-refractivity contribution in [2.45, 2.75) is 0 Å². The van der Waals surface area contributed by atoms with Crippen LogP contribution < -0.4 is 15.0 Å². The summed E-state index contributed by atoms with van der Waals surface area (Å²) in [5.41, 5.74) is 4.25. The molecule has 1 aromatic heterocycles. The van der Waals surface area contributed by atoms with E-state index in [0.717, 1.165) is 48.7 Å². The quantitative estimate of drug-likeness (QED) is 0.735. The van der Waals surface area contributed by atoms with E-state index < -0.39 is 0 Å². The van der Waals surface area contributed by atoms with Gasteiger partial charge >= 0.3 is 0 Å². The number of hydrogen-bond acceptors (Lipinski definition) is 6. The second-order valence-corrected chi connectivity index (χ2v) is 6.99. The first kappa shape index (κ1) is 18.3. The van der Waals surface area contributed by atoms with Crippen molar-refractivity contribution in [2.75, 3.05) is 50.6 Å². The Morgan fingerprint density at radius 2 is 1.61 bits per heavy atom. The molecule has 0 saturated carbocycles. The maximum absolute atomic E-state index is 5.20. The minimum absolute atomic E-state index is 0.591. The predicted octanol–water partition coefficient (Wildman–Crippen LogP) is 3.65. The zero-order valence-electron chi connectivity index (χ0n) is 16.3. The third-order valence-corrected chi connectivity index (χ3v) is 5.05. The summed E-state index contributed by atoms with van der Waals surface area (Å²) in [4.78, 5) is 13.7. The van der Waals surface area contributed by atoms with Crippen LogP contribution in [0.3, 0.4) is 0 Å². The molecular weight excluding hydrogens is 350 g/mol. The van der Waals surface area contributed by atoms with Crippen molar-refractivity contribution < 1.29 is 4.74 Å². The van der Waals surface area contributed by atoms with Gasteiger partial charge in [-0.2, -0.15) is 0 Å². The van der Waals surface area contributed by atoms with Crippen LogP contribution in [-0.2, 0) is 0 Å². The van der Waals surface area contributed by atoms with E-state index in [4.69, 9.17) is 4.74 Å². The number of methoxy groups -OCH3 is 1. The molecule has 1 aliphatic heterocycles. The highest BCUT2D eigenvalue weighted by atomic mass is 16.5. The van der Waals surface area contributed by atoms with E-state index in [1.54, 1.807) is 7.11 Å². The minimum atomic E-state index is 0.591. The third kappa shape index (κ3) is 4.23. The first-order valence-corrected chi connectivity index (χ1v) is 9.48. The average Bonchev–Trinajstić information content (AvgIpc) is 2.75. The summed E-state index contributed by atoms with van der Waals surface area (Å²) >= 11 is 0. The van der Waals surface area contributed by atoms with Crippen LogP contribution in [-0.4, -0.2) is 55.2 Å². The Balaban J connectivity index is 1.45. The molecular formula is C22H25N5O. The van der Waals surface area contributed by atoms with E-state index in [9.17, 15) is 0 Å². The predicted molar refractivity (Wildman–Crippen MR) is 113 cm³/mol. The van der Waals surface area contributed by atoms with Gasteiger partial charge in [-0.1, -0.05) is 18.2 Å². The molecule has 1 aliphatic rings. The number of benzene rings is 2. The van der Waals surface area contributed by atoms with Crippen molar-refractivity contribution in [1.29, 1.82) is 0 Å². The lowest BCUT2D eigenvalue weighted by atomic mass is 10.1. The van der Waals surface area contributed by atoms with Gasteiger partial charge in [0.25, 0.3) is 0 Å². The molecule has 1 N–H and O–H groups in total. The maximum Gasteiger partial charge on any atom is 0.227 e. The summed E-state index contributed by atoms with van der Waals surface area (Å²) in [6, 6.07) is 16.3. The Morgan fingerprint density at radius 3 is 2.29 bits per heavy atom. The van der Waals surface area contributed by atoms with Crippen LogP contribution in [0.25, 0.3) is 11.1 Å². The molecule has 1 fully saturated rings. The molecule has 4 rings (SSSR count). The summed E-state index contributed by atoms with van der Waals surface area (Å²) in [6.07, 6.45) is 3.67. The van der Waals surface area contributed by atoms with Crippen molar-refractivity contribution in [3.05, 3.63) is 60.9 Å². The lowest BCUT2D eigenvalue weighted by Gasteiger charge is -2.34. The molecule has 6 heteroatoms. The minimum Gasteiger partial charge on any atom is -0.497 e.